The second-order valence-electron chi connectivity index (χ2n) is 6.02. The first-order valence-corrected chi connectivity index (χ1v) is 8.76. The van der Waals surface area contributed by atoms with Crippen LogP contribution in [0.15, 0.2) is 40.9 Å². The van der Waals surface area contributed by atoms with Gasteiger partial charge >= 0.3 is 0 Å². The summed E-state index contributed by atoms with van der Waals surface area (Å²) < 4.78 is 23.2. The molecule has 0 aromatic heterocycles. The van der Waals surface area contributed by atoms with Crippen LogP contribution in [0, 0.1) is 0 Å². The molecular formula is C18H14BrNO5. The number of halogens is 1. The molecule has 1 amide bonds. The van der Waals surface area contributed by atoms with Gasteiger partial charge in [0.25, 0.3) is 11.7 Å². The number of hydrogen-bond acceptors (Lipinski definition) is 5. The average molecular weight is 404 g/mol. The lowest BCUT2D eigenvalue weighted by Gasteiger charge is -2.22. The molecule has 6 nitrogen and oxygen atoms in total. The van der Waals surface area contributed by atoms with Gasteiger partial charge in [0, 0.05) is 10.0 Å². The van der Waals surface area contributed by atoms with Crippen LogP contribution in [0.3, 0.4) is 0 Å². The van der Waals surface area contributed by atoms with Gasteiger partial charge in [-0.1, -0.05) is 34.1 Å². The number of rotatable bonds is 2. The lowest BCUT2D eigenvalue weighted by atomic mass is 10.1. The topological polar surface area (TPSA) is 57.2 Å². The Morgan fingerprint density at radius 3 is 2.60 bits per heavy atom. The Hall–Kier alpha value is -2.09. The Balaban J connectivity index is 1.56. The summed E-state index contributed by atoms with van der Waals surface area (Å²) in [7, 11) is 0. The molecule has 2 aromatic carbocycles. The molecule has 7 heteroatoms. The normalized spacial score (nSPS) is 19.7. The van der Waals surface area contributed by atoms with Crippen LogP contribution in [0.25, 0.3) is 0 Å². The fraction of sp³-hybridized carbons (Fsp3) is 0.278. The van der Waals surface area contributed by atoms with Crippen LogP contribution in [0.2, 0.25) is 0 Å². The molecule has 1 spiro atoms. The third kappa shape index (κ3) is 2.13. The summed E-state index contributed by atoms with van der Waals surface area (Å²) in [6.07, 6.45) is 0. The summed E-state index contributed by atoms with van der Waals surface area (Å²) in [5, 5.41) is 0. The molecule has 3 aliphatic rings. The third-order valence-electron chi connectivity index (χ3n) is 4.64. The van der Waals surface area contributed by atoms with Gasteiger partial charge < -0.3 is 23.8 Å². The minimum Gasteiger partial charge on any atom is -0.454 e. The van der Waals surface area contributed by atoms with E-state index in [9.17, 15) is 4.79 Å². The molecule has 0 bridgehead atoms. The number of nitrogens with zero attached hydrogens (tertiary/aromatic N) is 1. The van der Waals surface area contributed by atoms with Crippen LogP contribution in [0.4, 0.5) is 5.69 Å². The SMILES string of the molecule is O=C1N(Cc2cc3c(cc2Br)OCO3)c2ccccc2C12OCCO2. The smallest absolute Gasteiger partial charge is 0.292 e. The van der Waals surface area contributed by atoms with E-state index in [0.29, 0.717) is 31.3 Å². The summed E-state index contributed by atoms with van der Waals surface area (Å²) in [6, 6.07) is 11.3. The first kappa shape index (κ1) is 15.2. The van der Waals surface area contributed by atoms with Crippen molar-refractivity contribution in [2.75, 3.05) is 24.9 Å². The average Bonchev–Trinajstić information content (AvgIpc) is 3.32. The van der Waals surface area contributed by atoms with Crippen LogP contribution in [-0.2, 0) is 26.6 Å². The summed E-state index contributed by atoms with van der Waals surface area (Å²) in [4.78, 5) is 14.8. The zero-order valence-electron chi connectivity index (χ0n) is 13.2. The fourth-order valence-corrected chi connectivity index (χ4v) is 3.94. The predicted octanol–water partition coefficient (Wildman–Crippen LogP) is 2.92. The minimum absolute atomic E-state index is 0.198. The van der Waals surface area contributed by atoms with Gasteiger partial charge in [-0.3, -0.25) is 4.79 Å². The van der Waals surface area contributed by atoms with Crippen molar-refractivity contribution in [2.24, 2.45) is 0 Å². The number of para-hydroxylation sites is 1. The maximum absolute atomic E-state index is 13.1. The van der Waals surface area contributed by atoms with Gasteiger partial charge in [-0.2, -0.15) is 0 Å². The zero-order chi connectivity index (χ0) is 17.0. The van der Waals surface area contributed by atoms with Gasteiger partial charge in [-0.15, -0.1) is 0 Å². The van der Waals surface area contributed by atoms with Crippen molar-refractivity contribution in [2.45, 2.75) is 12.3 Å². The van der Waals surface area contributed by atoms with Crippen molar-refractivity contribution < 1.29 is 23.7 Å². The van der Waals surface area contributed by atoms with Crippen LogP contribution in [0.1, 0.15) is 11.1 Å². The van der Waals surface area contributed by atoms with Crippen LogP contribution >= 0.6 is 15.9 Å². The highest BCUT2D eigenvalue weighted by molar-refractivity contribution is 9.10. The minimum atomic E-state index is -1.31. The molecule has 2 aromatic rings. The number of amides is 1. The third-order valence-corrected chi connectivity index (χ3v) is 5.38. The van der Waals surface area contributed by atoms with E-state index in [2.05, 4.69) is 15.9 Å². The Labute approximate surface area is 152 Å². The highest BCUT2D eigenvalue weighted by Crippen LogP contribution is 2.47. The van der Waals surface area contributed by atoms with Crippen molar-refractivity contribution in [1.82, 2.24) is 0 Å². The van der Waals surface area contributed by atoms with E-state index in [1.54, 1.807) is 4.90 Å². The predicted molar refractivity (Wildman–Crippen MR) is 91.5 cm³/mol. The first-order chi connectivity index (χ1) is 12.2. The molecule has 1 saturated heterocycles. The van der Waals surface area contributed by atoms with E-state index in [1.807, 2.05) is 36.4 Å². The highest BCUT2D eigenvalue weighted by atomic mass is 79.9. The first-order valence-electron chi connectivity index (χ1n) is 7.96. The van der Waals surface area contributed by atoms with Gasteiger partial charge in [0.05, 0.1) is 25.4 Å². The molecule has 3 heterocycles. The Bertz CT molecular complexity index is 878. The molecular weight excluding hydrogens is 390 g/mol. The summed E-state index contributed by atoms with van der Waals surface area (Å²) in [6.45, 7) is 1.40. The number of benzene rings is 2. The molecule has 3 aliphatic heterocycles. The van der Waals surface area contributed by atoms with E-state index >= 15 is 0 Å². The lowest BCUT2D eigenvalue weighted by Crippen LogP contribution is -2.40. The number of ether oxygens (including phenoxy) is 4. The Kier molecular flexibility index (Phi) is 3.31. The number of hydrogen-bond donors (Lipinski definition) is 0. The maximum Gasteiger partial charge on any atom is 0.292 e. The second-order valence-corrected chi connectivity index (χ2v) is 6.87. The molecule has 1 fully saturated rings. The number of anilines is 1. The van der Waals surface area contributed by atoms with E-state index in [4.69, 9.17) is 18.9 Å². The zero-order valence-corrected chi connectivity index (χ0v) is 14.7. The molecule has 0 aliphatic carbocycles. The number of fused-ring (bicyclic) bond motifs is 3. The van der Waals surface area contributed by atoms with Gasteiger partial charge in [0.15, 0.2) is 11.5 Å². The summed E-state index contributed by atoms with van der Waals surface area (Å²) in [5.74, 6) is -0.126. The molecule has 0 radical (unpaired) electrons. The van der Waals surface area contributed by atoms with Gasteiger partial charge in [0.1, 0.15) is 0 Å². The molecule has 5 rings (SSSR count). The summed E-state index contributed by atoms with van der Waals surface area (Å²) >= 11 is 3.56. The van der Waals surface area contributed by atoms with Crippen molar-refractivity contribution in [3.8, 4) is 11.5 Å². The summed E-state index contributed by atoms with van der Waals surface area (Å²) in [5.41, 5.74) is 2.48. The highest BCUT2D eigenvalue weighted by Gasteiger charge is 2.55. The molecule has 25 heavy (non-hydrogen) atoms. The van der Waals surface area contributed by atoms with Gasteiger partial charge in [-0.05, 0) is 23.8 Å². The monoisotopic (exact) mass is 403 g/mol. The standard InChI is InChI=1S/C18H14BrNO5/c19-13-8-16-15(22-10-23-16)7-11(13)9-20-14-4-2-1-3-12(14)18(17(20)21)24-5-6-25-18/h1-4,7-8H,5-6,9-10H2. The second kappa shape index (κ2) is 5.45. The van der Waals surface area contributed by atoms with Crippen molar-refractivity contribution in [3.63, 3.8) is 0 Å². The van der Waals surface area contributed by atoms with Crippen molar-refractivity contribution in [3.05, 3.63) is 52.0 Å². The van der Waals surface area contributed by atoms with Crippen molar-refractivity contribution >= 4 is 27.5 Å². The van der Waals surface area contributed by atoms with E-state index in [1.165, 1.54) is 0 Å². The molecule has 128 valence electrons. The molecule has 0 saturated carbocycles. The Morgan fingerprint density at radius 2 is 1.80 bits per heavy atom. The molecule has 0 N–H and O–H groups in total. The van der Waals surface area contributed by atoms with Gasteiger partial charge in [-0.25, -0.2) is 0 Å². The number of carbonyl (C=O) groups excluding carboxylic acids is 1. The Morgan fingerprint density at radius 1 is 1.08 bits per heavy atom. The maximum atomic E-state index is 13.1. The van der Waals surface area contributed by atoms with E-state index in [0.717, 1.165) is 21.3 Å². The van der Waals surface area contributed by atoms with Crippen molar-refractivity contribution in [1.29, 1.82) is 0 Å². The number of carbonyl (C=O) groups is 1. The quantitative estimate of drug-likeness (QED) is 0.771. The fourth-order valence-electron chi connectivity index (χ4n) is 3.49. The van der Waals surface area contributed by atoms with Crippen LogP contribution < -0.4 is 14.4 Å². The van der Waals surface area contributed by atoms with E-state index < -0.39 is 5.79 Å². The molecule has 0 unspecified atom stereocenters. The lowest BCUT2D eigenvalue weighted by molar-refractivity contribution is -0.180. The largest absolute Gasteiger partial charge is 0.454 e. The van der Waals surface area contributed by atoms with Gasteiger partial charge in [0.2, 0.25) is 6.79 Å². The van der Waals surface area contributed by atoms with E-state index in [-0.39, 0.29) is 12.7 Å². The van der Waals surface area contributed by atoms with Crippen LogP contribution in [0.5, 0.6) is 11.5 Å². The molecule has 0 atom stereocenters. The van der Waals surface area contributed by atoms with Crippen LogP contribution in [-0.4, -0.2) is 25.9 Å².